The molecule has 0 bridgehead atoms. The summed E-state index contributed by atoms with van der Waals surface area (Å²) in [6.45, 7) is 4.74. The molecule has 3 heterocycles. The summed E-state index contributed by atoms with van der Waals surface area (Å²) < 4.78 is 11.5. The first-order chi connectivity index (χ1) is 29.5. The van der Waals surface area contributed by atoms with Gasteiger partial charge >= 0.3 is 0 Å². The smallest absolute Gasteiger partial charge is 0.137 e. The van der Waals surface area contributed by atoms with Gasteiger partial charge in [-0.3, -0.25) is 0 Å². The number of hydrogen-bond donors (Lipinski definition) is 0. The van der Waals surface area contributed by atoms with Crippen LogP contribution in [0.3, 0.4) is 0 Å². The van der Waals surface area contributed by atoms with E-state index in [0.717, 1.165) is 38.8 Å². The Morgan fingerprint density at radius 1 is 0.333 bits per heavy atom. The van der Waals surface area contributed by atoms with Crippen molar-refractivity contribution < 1.29 is 4.42 Å². The lowest BCUT2D eigenvalue weighted by Crippen LogP contribution is -2.14. The van der Waals surface area contributed by atoms with Crippen LogP contribution >= 0.6 is 0 Å². The topological polar surface area (TPSA) is 23.0 Å². The Morgan fingerprint density at radius 2 is 0.933 bits per heavy atom. The second-order valence-corrected chi connectivity index (χ2v) is 16.9. The zero-order chi connectivity index (χ0) is 39.7. The van der Waals surface area contributed by atoms with E-state index in [1.807, 2.05) is 0 Å². The Bertz CT molecular complexity index is 3730. The summed E-state index contributed by atoms with van der Waals surface area (Å²) in [6.07, 6.45) is 0. The number of furan rings is 1. The maximum absolute atomic E-state index is 6.63. The number of hydrogen-bond acceptors (Lipinski definition) is 1. The van der Waals surface area contributed by atoms with Gasteiger partial charge in [-0.05, 0) is 117 Å². The predicted octanol–water partition coefficient (Wildman–Crippen LogP) is 15.4. The largest absolute Gasteiger partial charge is 0.456 e. The van der Waals surface area contributed by atoms with Crippen molar-refractivity contribution in [2.24, 2.45) is 0 Å². The lowest BCUT2D eigenvalue weighted by atomic mass is 9.82. The monoisotopic (exact) mass is 766 g/mol. The lowest BCUT2D eigenvalue weighted by Gasteiger charge is -2.21. The summed E-state index contributed by atoms with van der Waals surface area (Å²) in [5.74, 6) is 0. The van der Waals surface area contributed by atoms with E-state index in [1.54, 1.807) is 0 Å². The molecule has 0 saturated carbocycles. The zero-order valence-corrected chi connectivity index (χ0v) is 33.3. The van der Waals surface area contributed by atoms with E-state index >= 15 is 0 Å². The summed E-state index contributed by atoms with van der Waals surface area (Å²) >= 11 is 0. The Morgan fingerprint density at radius 3 is 1.80 bits per heavy atom. The molecule has 0 radical (unpaired) electrons. The van der Waals surface area contributed by atoms with Crippen LogP contribution in [0.5, 0.6) is 0 Å². The normalized spacial score (nSPS) is 13.3. The Labute approximate surface area is 347 Å². The fourth-order valence-corrected chi connectivity index (χ4v) is 10.4. The summed E-state index contributed by atoms with van der Waals surface area (Å²) in [6, 6.07) is 71.1. The van der Waals surface area contributed by atoms with Crippen LogP contribution in [0.2, 0.25) is 0 Å². The van der Waals surface area contributed by atoms with Crippen molar-refractivity contribution in [2.45, 2.75) is 19.3 Å². The minimum Gasteiger partial charge on any atom is -0.456 e. The molecule has 1 aliphatic rings. The van der Waals surface area contributed by atoms with E-state index in [0.29, 0.717) is 0 Å². The average Bonchev–Trinajstić information content (AvgIpc) is 3.99. The Hall–Kier alpha value is -7.62. The van der Waals surface area contributed by atoms with E-state index in [9.17, 15) is 0 Å². The minimum absolute atomic E-state index is 0.108. The Balaban J connectivity index is 1.02. The van der Waals surface area contributed by atoms with Gasteiger partial charge in [-0.25, -0.2) is 0 Å². The molecular weight excluding hydrogens is 729 g/mol. The Kier molecular flexibility index (Phi) is 6.78. The fraction of sp³-hybridized carbons (Fsp3) is 0.0526. The predicted molar refractivity (Wildman–Crippen MR) is 251 cm³/mol. The van der Waals surface area contributed by atoms with Crippen molar-refractivity contribution in [2.75, 3.05) is 0 Å². The van der Waals surface area contributed by atoms with Gasteiger partial charge < -0.3 is 13.6 Å². The van der Waals surface area contributed by atoms with Gasteiger partial charge in [0.1, 0.15) is 11.2 Å². The van der Waals surface area contributed by atoms with Gasteiger partial charge in [0.25, 0.3) is 0 Å². The quantitative estimate of drug-likeness (QED) is 0.175. The van der Waals surface area contributed by atoms with Crippen LogP contribution in [-0.4, -0.2) is 9.13 Å². The first kappa shape index (κ1) is 33.4. The molecule has 0 aliphatic heterocycles. The fourth-order valence-electron chi connectivity index (χ4n) is 10.4. The molecule has 9 aromatic carbocycles. The van der Waals surface area contributed by atoms with Gasteiger partial charge in [-0.1, -0.05) is 129 Å². The molecule has 0 atom stereocenters. The molecule has 3 nitrogen and oxygen atoms in total. The first-order valence-corrected chi connectivity index (χ1v) is 20.8. The second-order valence-electron chi connectivity index (χ2n) is 16.9. The highest BCUT2D eigenvalue weighted by atomic mass is 16.3. The van der Waals surface area contributed by atoms with Crippen LogP contribution in [0.15, 0.2) is 199 Å². The third kappa shape index (κ3) is 4.66. The highest BCUT2D eigenvalue weighted by Gasteiger charge is 2.36. The van der Waals surface area contributed by atoms with Crippen molar-refractivity contribution in [3.05, 3.63) is 205 Å². The van der Waals surface area contributed by atoms with Crippen molar-refractivity contribution in [3.63, 3.8) is 0 Å². The number of aromatic nitrogens is 2. The van der Waals surface area contributed by atoms with E-state index in [2.05, 4.69) is 217 Å². The molecule has 0 fully saturated rings. The summed E-state index contributed by atoms with van der Waals surface area (Å²) in [5, 5.41) is 7.21. The molecule has 0 saturated heterocycles. The standard InChI is InChI=1S/C57H38N2O/c1-57(2)49-22-11-9-20-41(49)43-31-46-44-29-37(24-26-52(44)59(53(46)33-50(43)57)40-19-13-16-36(28-40)35-14-5-3-6-15-35)38-25-27-55-47(30-38)48-32-45-42-21-10-12-23-51(42)58(39-17-7-4-8-18-39)54(45)34-56(48)60-55/h3-34H,1-2H3. The van der Waals surface area contributed by atoms with E-state index in [-0.39, 0.29) is 5.41 Å². The number of benzene rings is 9. The van der Waals surface area contributed by atoms with Gasteiger partial charge in [0.05, 0.1) is 22.1 Å². The molecule has 12 aromatic rings. The summed E-state index contributed by atoms with van der Waals surface area (Å²) in [4.78, 5) is 0. The van der Waals surface area contributed by atoms with Crippen LogP contribution < -0.4 is 0 Å². The van der Waals surface area contributed by atoms with Crippen LogP contribution in [0.25, 0.3) is 110 Å². The molecule has 3 heteroatoms. The molecule has 282 valence electrons. The van der Waals surface area contributed by atoms with Crippen molar-refractivity contribution >= 4 is 65.6 Å². The van der Waals surface area contributed by atoms with Crippen molar-refractivity contribution in [1.29, 1.82) is 0 Å². The average molecular weight is 767 g/mol. The van der Waals surface area contributed by atoms with Crippen molar-refractivity contribution in [3.8, 4) is 44.8 Å². The highest BCUT2D eigenvalue weighted by molar-refractivity contribution is 6.18. The summed E-state index contributed by atoms with van der Waals surface area (Å²) in [5.41, 5.74) is 18.9. The maximum Gasteiger partial charge on any atom is 0.137 e. The second kappa shape index (κ2) is 12.2. The molecule has 3 aromatic heterocycles. The molecular formula is C57H38N2O. The van der Waals surface area contributed by atoms with Crippen LogP contribution in [0, 0.1) is 0 Å². The van der Waals surface area contributed by atoms with E-state index in [1.165, 1.54) is 82.6 Å². The molecule has 0 unspecified atom stereocenters. The molecule has 13 rings (SSSR count). The highest BCUT2D eigenvalue weighted by Crippen LogP contribution is 2.51. The van der Waals surface area contributed by atoms with Crippen molar-refractivity contribution in [1.82, 2.24) is 9.13 Å². The third-order valence-electron chi connectivity index (χ3n) is 13.3. The van der Waals surface area contributed by atoms with Crippen LogP contribution in [0.4, 0.5) is 0 Å². The minimum atomic E-state index is -0.108. The molecule has 1 aliphatic carbocycles. The van der Waals surface area contributed by atoms with Gasteiger partial charge in [0.15, 0.2) is 0 Å². The molecule has 0 spiro atoms. The zero-order valence-electron chi connectivity index (χ0n) is 33.3. The van der Waals surface area contributed by atoms with Gasteiger partial charge in [0.2, 0.25) is 0 Å². The molecule has 0 N–H and O–H groups in total. The van der Waals surface area contributed by atoms with E-state index < -0.39 is 0 Å². The summed E-state index contributed by atoms with van der Waals surface area (Å²) in [7, 11) is 0. The van der Waals surface area contributed by atoms with Crippen LogP contribution in [0.1, 0.15) is 25.0 Å². The molecule has 0 amide bonds. The van der Waals surface area contributed by atoms with Crippen LogP contribution in [-0.2, 0) is 5.41 Å². The number of para-hydroxylation sites is 2. The van der Waals surface area contributed by atoms with E-state index in [4.69, 9.17) is 4.42 Å². The third-order valence-corrected chi connectivity index (χ3v) is 13.3. The SMILES string of the molecule is CC1(C)c2ccccc2-c2cc3c4cc(-c5ccc6oc7cc8c(cc7c6c5)c5ccccc5n8-c5ccccc5)ccc4n(-c4cccc(-c5ccccc5)c4)c3cc21. The van der Waals surface area contributed by atoms with Gasteiger partial charge in [-0.2, -0.15) is 0 Å². The maximum atomic E-state index is 6.63. The lowest BCUT2D eigenvalue weighted by molar-refractivity contribution is 0.661. The number of rotatable bonds is 4. The molecule has 60 heavy (non-hydrogen) atoms. The van der Waals surface area contributed by atoms with Gasteiger partial charge in [-0.15, -0.1) is 0 Å². The first-order valence-electron chi connectivity index (χ1n) is 20.8. The number of nitrogens with zero attached hydrogens (tertiary/aromatic N) is 2. The number of fused-ring (bicyclic) bond motifs is 12. The van der Waals surface area contributed by atoms with Gasteiger partial charge in [0, 0.05) is 55.2 Å².